The number of hydrogen-bond acceptors (Lipinski definition) is 4. The second kappa shape index (κ2) is 9.67. The van der Waals surface area contributed by atoms with Gasteiger partial charge in [-0.05, 0) is 19.4 Å². The van der Waals surface area contributed by atoms with Gasteiger partial charge >= 0.3 is 5.97 Å². The molecule has 7 heteroatoms. The number of ether oxygens (including phenoxy) is 1. The first-order valence-corrected chi connectivity index (χ1v) is 7.82. The Bertz CT molecular complexity index is 561. The molecule has 0 fully saturated rings. The third-order valence-electron chi connectivity index (χ3n) is 3.49. The van der Waals surface area contributed by atoms with E-state index in [1.165, 1.54) is 18.7 Å². The normalized spacial score (nSPS) is 13.0. The van der Waals surface area contributed by atoms with Crippen LogP contribution in [-0.2, 0) is 19.1 Å². The van der Waals surface area contributed by atoms with Gasteiger partial charge in [-0.3, -0.25) is 9.59 Å². The minimum atomic E-state index is -1.12. The first-order valence-electron chi connectivity index (χ1n) is 7.82. The van der Waals surface area contributed by atoms with E-state index in [9.17, 15) is 19.5 Å². The lowest BCUT2D eigenvalue weighted by Crippen LogP contribution is -2.48. The maximum Gasteiger partial charge on any atom is 0.326 e. The van der Waals surface area contributed by atoms with Gasteiger partial charge < -0.3 is 20.1 Å². The number of hydrogen-bond donors (Lipinski definition) is 2. The second-order valence-electron chi connectivity index (χ2n) is 5.27. The van der Waals surface area contributed by atoms with Crippen molar-refractivity contribution < 1.29 is 24.2 Å². The molecule has 1 rings (SSSR count). The zero-order chi connectivity index (χ0) is 18.1. The Hall–Kier alpha value is -2.41. The van der Waals surface area contributed by atoms with Crippen LogP contribution in [0.3, 0.4) is 0 Å². The van der Waals surface area contributed by atoms with Crippen LogP contribution < -0.4 is 5.32 Å². The molecule has 0 aliphatic heterocycles. The van der Waals surface area contributed by atoms with Gasteiger partial charge in [-0.1, -0.05) is 30.3 Å². The van der Waals surface area contributed by atoms with Crippen LogP contribution in [0, 0.1) is 0 Å². The van der Waals surface area contributed by atoms with Gasteiger partial charge in [0.05, 0.1) is 0 Å². The number of carbonyl (C=O) groups is 3. The molecule has 2 amide bonds. The number of nitrogens with one attached hydrogen (secondary N) is 1. The molecule has 0 radical (unpaired) electrons. The summed E-state index contributed by atoms with van der Waals surface area (Å²) in [6, 6.07) is 7.89. The number of rotatable bonds is 9. The van der Waals surface area contributed by atoms with Crippen LogP contribution in [0.25, 0.3) is 0 Å². The molecular formula is C17H24N2O5. The quantitative estimate of drug-likeness (QED) is 0.706. The molecule has 0 aromatic heterocycles. The molecule has 0 spiro atoms. The van der Waals surface area contributed by atoms with E-state index in [1.807, 2.05) is 6.07 Å². The zero-order valence-corrected chi connectivity index (χ0v) is 14.2. The molecule has 1 aromatic rings. The minimum Gasteiger partial charge on any atom is -0.480 e. The summed E-state index contributed by atoms with van der Waals surface area (Å²) in [6.07, 6.45) is -0.879. The number of carboxylic acids is 1. The molecule has 2 unspecified atom stereocenters. The van der Waals surface area contributed by atoms with Gasteiger partial charge in [0.15, 0.2) is 6.10 Å². The molecule has 0 heterocycles. The molecule has 0 aliphatic rings. The van der Waals surface area contributed by atoms with Crippen LogP contribution in [0.2, 0.25) is 0 Å². The van der Waals surface area contributed by atoms with E-state index in [-0.39, 0.29) is 19.0 Å². The third-order valence-corrected chi connectivity index (χ3v) is 3.49. The van der Waals surface area contributed by atoms with E-state index in [0.29, 0.717) is 12.2 Å². The lowest BCUT2D eigenvalue weighted by molar-refractivity contribution is -0.155. The summed E-state index contributed by atoms with van der Waals surface area (Å²) in [5.74, 6) is -1.80. The van der Waals surface area contributed by atoms with Gasteiger partial charge in [-0.25, -0.2) is 4.79 Å². The van der Waals surface area contributed by atoms with Crippen LogP contribution >= 0.6 is 0 Å². The zero-order valence-electron chi connectivity index (χ0n) is 14.2. The Balaban J connectivity index is 3.01. The summed E-state index contributed by atoms with van der Waals surface area (Å²) >= 11 is 0. The average Bonchev–Trinajstić information content (AvgIpc) is 2.56. The third kappa shape index (κ3) is 5.66. The number of aliphatic carboxylic acids is 1. The van der Waals surface area contributed by atoms with Crippen LogP contribution in [0.5, 0.6) is 0 Å². The van der Waals surface area contributed by atoms with Crippen molar-refractivity contribution in [2.24, 2.45) is 0 Å². The standard InChI is InChI=1S/C17H24N2O5/c1-4-24-15(14-8-6-5-7-9-14)16(21)19(12(2)17(22)23)11-10-18-13(3)20/h5-9,12,15H,4,10-11H2,1-3H3,(H,18,20)(H,22,23). The number of carbonyl (C=O) groups excluding carboxylic acids is 2. The minimum absolute atomic E-state index is 0.0856. The van der Waals surface area contributed by atoms with Crippen LogP contribution in [0.4, 0.5) is 0 Å². The lowest BCUT2D eigenvalue weighted by atomic mass is 10.1. The SMILES string of the molecule is CCOC(C(=O)N(CCNC(C)=O)C(C)C(=O)O)c1ccccc1. The van der Waals surface area contributed by atoms with Crippen molar-refractivity contribution in [2.45, 2.75) is 32.9 Å². The van der Waals surface area contributed by atoms with Crippen LogP contribution in [0.1, 0.15) is 32.4 Å². The Morgan fingerprint density at radius 3 is 2.38 bits per heavy atom. The van der Waals surface area contributed by atoms with Gasteiger partial charge in [0, 0.05) is 26.6 Å². The molecule has 0 saturated heterocycles. The molecule has 0 bridgehead atoms. The lowest BCUT2D eigenvalue weighted by Gasteiger charge is -2.30. The Labute approximate surface area is 141 Å². The van der Waals surface area contributed by atoms with Crippen molar-refractivity contribution in [1.82, 2.24) is 10.2 Å². The topological polar surface area (TPSA) is 95.9 Å². The summed E-state index contributed by atoms with van der Waals surface area (Å²) in [4.78, 5) is 36.4. The Kier molecular flexibility index (Phi) is 7.91. The van der Waals surface area contributed by atoms with E-state index >= 15 is 0 Å². The van der Waals surface area contributed by atoms with Gasteiger partial charge in [0.2, 0.25) is 5.91 Å². The molecule has 1 aromatic carbocycles. The fourth-order valence-corrected chi connectivity index (χ4v) is 2.24. The van der Waals surface area contributed by atoms with Crippen molar-refractivity contribution in [3.05, 3.63) is 35.9 Å². The number of nitrogens with zero attached hydrogens (tertiary/aromatic N) is 1. The van der Waals surface area contributed by atoms with Crippen molar-refractivity contribution in [2.75, 3.05) is 19.7 Å². The molecular weight excluding hydrogens is 312 g/mol. The van der Waals surface area contributed by atoms with E-state index in [0.717, 1.165) is 0 Å². The first kappa shape index (κ1) is 19.6. The summed E-state index contributed by atoms with van der Waals surface area (Å²) in [6.45, 7) is 5.13. The second-order valence-corrected chi connectivity index (χ2v) is 5.27. The summed E-state index contributed by atoms with van der Waals surface area (Å²) in [5, 5.41) is 11.8. The largest absolute Gasteiger partial charge is 0.480 e. The van der Waals surface area contributed by atoms with E-state index in [2.05, 4.69) is 5.32 Å². The number of benzene rings is 1. The van der Waals surface area contributed by atoms with Crippen molar-refractivity contribution >= 4 is 17.8 Å². The first-order chi connectivity index (χ1) is 11.4. The van der Waals surface area contributed by atoms with Crippen LogP contribution in [0.15, 0.2) is 30.3 Å². The van der Waals surface area contributed by atoms with E-state index in [4.69, 9.17) is 4.74 Å². The van der Waals surface area contributed by atoms with E-state index in [1.54, 1.807) is 31.2 Å². The van der Waals surface area contributed by atoms with Gasteiger partial charge in [0.25, 0.3) is 5.91 Å². The monoisotopic (exact) mass is 336 g/mol. The molecule has 0 aliphatic carbocycles. The van der Waals surface area contributed by atoms with Gasteiger partial charge in [-0.2, -0.15) is 0 Å². The fourth-order valence-electron chi connectivity index (χ4n) is 2.24. The smallest absolute Gasteiger partial charge is 0.326 e. The molecule has 2 atom stereocenters. The molecule has 132 valence electrons. The number of carboxylic acid groups (broad SMARTS) is 1. The van der Waals surface area contributed by atoms with E-state index < -0.39 is 24.0 Å². The highest BCUT2D eigenvalue weighted by molar-refractivity contribution is 5.87. The van der Waals surface area contributed by atoms with Crippen LogP contribution in [-0.4, -0.2) is 53.5 Å². The number of amides is 2. The highest BCUT2D eigenvalue weighted by Gasteiger charge is 2.32. The summed E-state index contributed by atoms with van der Waals surface area (Å²) < 4.78 is 5.56. The highest BCUT2D eigenvalue weighted by Crippen LogP contribution is 2.21. The predicted molar refractivity (Wildman–Crippen MR) is 88.3 cm³/mol. The molecule has 7 nitrogen and oxygen atoms in total. The maximum absolute atomic E-state index is 12.9. The molecule has 0 saturated carbocycles. The van der Waals surface area contributed by atoms with Crippen molar-refractivity contribution in [1.29, 1.82) is 0 Å². The highest BCUT2D eigenvalue weighted by atomic mass is 16.5. The average molecular weight is 336 g/mol. The predicted octanol–water partition coefficient (Wildman–Crippen LogP) is 1.20. The van der Waals surface area contributed by atoms with Crippen molar-refractivity contribution in [3.63, 3.8) is 0 Å². The fraction of sp³-hybridized carbons (Fsp3) is 0.471. The molecule has 24 heavy (non-hydrogen) atoms. The summed E-state index contributed by atoms with van der Waals surface area (Å²) in [5.41, 5.74) is 0.659. The maximum atomic E-state index is 12.9. The van der Waals surface area contributed by atoms with Gasteiger partial charge in [-0.15, -0.1) is 0 Å². The summed E-state index contributed by atoms with van der Waals surface area (Å²) in [7, 11) is 0. The van der Waals surface area contributed by atoms with Crippen molar-refractivity contribution in [3.8, 4) is 0 Å². The molecule has 2 N–H and O–H groups in total. The Morgan fingerprint density at radius 1 is 1.25 bits per heavy atom. The Morgan fingerprint density at radius 2 is 1.88 bits per heavy atom. The van der Waals surface area contributed by atoms with Gasteiger partial charge in [0.1, 0.15) is 6.04 Å².